The molecule has 4 nitrogen and oxygen atoms in total. The van der Waals surface area contributed by atoms with E-state index in [1.165, 1.54) is 12.3 Å². The standard InChI is InChI=1S/C17H12O2.CO2/c18-16-10-11-19-17-9-8-14(12-15(16)17)7-6-13-4-2-1-3-5-13;2-1-3/h1-12H;/b7-6+;. The first-order valence-corrected chi connectivity index (χ1v) is 6.48. The van der Waals surface area contributed by atoms with Crippen molar-refractivity contribution in [3.05, 3.63) is 82.2 Å². The predicted octanol–water partition coefficient (Wildman–Crippen LogP) is 3.38. The molecule has 0 amide bonds. The van der Waals surface area contributed by atoms with Crippen LogP contribution in [0.5, 0.6) is 0 Å². The minimum absolute atomic E-state index is 0.0174. The molecule has 0 fully saturated rings. The highest BCUT2D eigenvalue weighted by atomic mass is 16.3. The molecule has 0 bridgehead atoms. The molecule has 108 valence electrons. The number of benzene rings is 2. The van der Waals surface area contributed by atoms with E-state index in [-0.39, 0.29) is 11.6 Å². The second-order valence-electron chi connectivity index (χ2n) is 4.37. The van der Waals surface area contributed by atoms with Gasteiger partial charge in [-0.05, 0) is 23.3 Å². The Bertz CT molecular complexity index is 870. The van der Waals surface area contributed by atoms with Gasteiger partial charge in [-0.15, -0.1) is 0 Å². The summed E-state index contributed by atoms with van der Waals surface area (Å²) in [6.45, 7) is 0. The number of rotatable bonds is 2. The van der Waals surface area contributed by atoms with Crippen LogP contribution in [-0.4, -0.2) is 6.15 Å². The molecule has 0 radical (unpaired) electrons. The fraction of sp³-hybridized carbons (Fsp3) is 0. The third-order valence-corrected chi connectivity index (χ3v) is 2.95. The molecule has 3 rings (SSSR count). The third kappa shape index (κ3) is 3.88. The van der Waals surface area contributed by atoms with E-state index in [9.17, 15) is 4.79 Å². The van der Waals surface area contributed by atoms with E-state index in [4.69, 9.17) is 14.0 Å². The van der Waals surface area contributed by atoms with E-state index in [0.29, 0.717) is 11.0 Å². The van der Waals surface area contributed by atoms with Crippen molar-refractivity contribution in [3.8, 4) is 0 Å². The largest absolute Gasteiger partial charge is 0.464 e. The molecule has 0 unspecified atom stereocenters. The molecule has 0 atom stereocenters. The van der Waals surface area contributed by atoms with E-state index in [1.54, 1.807) is 0 Å². The van der Waals surface area contributed by atoms with Crippen LogP contribution in [0.1, 0.15) is 11.1 Å². The number of carbonyl (C=O) groups excluding carboxylic acids is 2. The van der Waals surface area contributed by atoms with Gasteiger partial charge in [0.05, 0.1) is 11.6 Å². The molecule has 0 N–H and O–H groups in total. The molecule has 1 heterocycles. The van der Waals surface area contributed by atoms with Crippen LogP contribution in [-0.2, 0) is 9.59 Å². The molecule has 0 saturated carbocycles. The van der Waals surface area contributed by atoms with Crippen molar-refractivity contribution >= 4 is 29.3 Å². The van der Waals surface area contributed by atoms with E-state index in [0.717, 1.165) is 11.1 Å². The van der Waals surface area contributed by atoms with Crippen LogP contribution < -0.4 is 5.43 Å². The van der Waals surface area contributed by atoms with E-state index < -0.39 is 0 Å². The summed E-state index contributed by atoms with van der Waals surface area (Å²) in [5.74, 6) is 0. The average molecular weight is 292 g/mol. The molecule has 0 saturated heterocycles. The van der Waals surface area contributed by atoms with Crippen LogP contribution in [0.4, 0.5) is 0 Å². The molecule has 0 spiro atoms. The Morgan fingerprint density at radius 2 is 1.55 bits per heavy atom. The minimum atomic E-state index is -0.0174. The normalized spacial score (nSPS) is 10.0. The Labute approximate surface area is 126 Å². The smallest absolute Gasteiger partial charge is 0.373 e. The van der Waals surface area contributed by atoms with Crippen molar-refractivity contribution in [3.63, 3.8) is 0 Å². The van der Waals surface area contributed by atoms with E-state index >= 15 is 0 Å². The van der Waals surface area contributed by atoms with Crippen molar-refractivity contribution < 1.29 is 14.0 Å². The minimum Gasteiger partial charge on any atom is -0.464 e. The Hall–Kier alpha value is -3.23. The lowest BCUT2D eigenvalue weighted by Gasteiger charge is -1.98. The molecule has 3 aromatic rings. The lowest BCUT2D eigenvalue weighted by molar-refractivity contribution is -0.191. The Kier molecular flexibility index (Phi) is 5.19. The summed E-state index contributed by atoms with van der Waals surface area (Å²) in [6, 6.07) is 17.1. The molecule has 1 aromatic heterocycles. The highest BCUT2D eigenvalue weighted by Crippen LogP contribution is 2.14. The SMILES string of the molecule is O=C=O.O=c1ccoc2ccc(/C=C/c3ccccc3)cc12. The van der Waals surface area contributed by atoms with Gasteiger partial charge >= 0.3 is 6.15 Å². The van der Waals surface area contributed by atoms with Crippen LogP contribution in [0.25, 0.3) is 23.1 Å². The zero-order valence-corrected chi connectivity index (χ0v) is 11.6. The van der Waals surface area contributed by atoms with Crippen LogP contribution in [0.3, 0.4) is 0 Å². The third-order valence-electron chi connectivity index (χ3n) is 2.95. The first-order chi connectivity index (χ1) is 10.7. The summed E-state index contributed by atoms with van der Waals surface area (Å²) in [5, 5.41) is 0.609. The van der Waals surface area contributed by atoms with Crippen LogP contribution in [0.15, 0.2) is 70.1 Å². The molecule has 22 heavy (non-hydrogen) atoms. The van der Waals surface area contributed by atoms with Gasteiger partial charge in [-0.1, -0.05) is 48.6 Å². The molecule has 0 aliphatic rings. The van der Waals surface area contributed by atoms with Gasteiger partial charge in [0.15, 0.2) is 5.43 Å². The summed E-state index contributed by atoms with van der Waals surface area (Å²) in [7, 11) is 0. The summed E-state index contributed by atoms with van der Waals surface area (Å²) in [5.41, 5.74) is 2.71. The second-order valence-corrected chi connectivity index (χ2v) is 4.37. The molecular formula is C18H12O4. The van der Waals surface area contributed by atoms with Crippen molar-refractivity contribution in [2.45, 2.75) is 0 Å². The van der Waals surface area contributed by atoms with Crippen molar-refractivity contribution in [2.75, 3.05) is 0 Å². The Balaban J connectivity index is 0.000000545. The average Bonchev–Trinajstić information content (AvgIpc) is 2.55. The highest BCUT2D eigenvalue weighted by Gasteiger charge is 1.99. The van der Waals surface area contributed by atoms with Crippen LogP contribution >= 0.6 is 0 Å². The number of hydrogen-bond acceptors (Lipinski definition) is 4. The molecule has 4 heteroatoms. The van der Waals surface area contributed by atoms with Crippen molar-refractivity contribution in [1.29, 1.82) is 0 Å². The lowest BCUT2D eigenvalue weighted by Crippen LogP contribution is -1.97. The Morgan fingerprint density at radius 3 is 2.27 bits per heavy atom. The molecule has 0 aliphatic heterocycles. The predicted molar refractivity (Wildman–Crippen MR) is 82.9 cm³/mol. The fourth-order valence-corrected chi connectivity index (χ4v) is 1.96. The monoisotopic (exact) mass is 292 g/mol. The Morgan fingerprint density at radius 1 is 0.864 bits per heavy atom. The van der Waals surface area contributed by atoms with Crippen LogP contribution in [0, 0.1) is 0 Å². The van der Waals surface area contributed by atoms with Gasteiger partial charge in [-0.2, -0.15) is 9.59 Å². The quantitative estimate of drug-likeness (QED) is 0.679. The van der Waals surface area contributed by atoms with Crippen molar-refractivity contribution in [1.82, 2.24) is 0 Å². The van der Waals surface area contributed by atoms with Crippen molar-refractivity contribution in [2.24, 2.45) is 0 Å². The maximum absolute atomic E-state index is 11.7. The van der Waals surface area contributed by atoms with E-state index in [2.05, 4.69) is 0 Å². The van der Waals surface area contributed by atoms with E-state index in [1.807, 2.05) is 60.7 Å². The first kappa shape index (κ1) is 15.2. The molecule has 0 aliphatic carbocycles. The van der Waals surface area contributed by atoms with Gasteiger partial charge in [0, 0.05) is 6.07 Å². The summed E-state index contributed by atoms with van der Waals surface area (Å²) >= 11 is 0. The van der Waals surface area contributed by atoms with Gasteiger partial charge in [0.1, 0.15) is 5.58 Å². The summed E-state index contributed by atoms with van der Waals surface area (Å²) in [6.07, 6.45) is 5.68. The number of fused-ring (bicyclic) bond motifs is 1. The molecule has 2 aromatic carbocycles. The fourth-order valence-electron chi connectivity index (χ4n) is 1.96. The lowest BCUT2D eigenvalue weighted by atomic mass is 10.1. The van der Waals surface area contributed by atoms with Gasteiger partial charge in [0.25, 0.3) is 0 Å². The van der Waals surface area contributed by atoms with Gasteiger partial charge < -0.3 is 4.42 Å². The van der Waals surface area contributed by atoms with Gasteiger partial charge in [-0.25, -0.2) is 0 Å². The zero-order valence-electron chi connectivity index (χ0n) is 11.6. The summed E-state index contributed by atoms with van der Waals surface area (Å²) < 4.78 is 5.29. The first-order valence-electron chi connectivity index (χ1n) is 6.48. The maximum Gasteiger partial charge on any atom is 0.373 e. The van der Waals surface area contributed by atoms with Gasteiger partial charge in [-0.3, -0.25) is 4.79 Å². The molecular weight excluding hydrogens is 280 g/mol. The summed E-state index contributed by atoms with van der Waals surface area (Å²) in [4.78, 5) is 28.0. The highest BCUT2D eigenvalue weighted by molar-refractivity contribution is 5.81. The topological polar surface area (TPSA) is 64.3 Å². The van der Waals surface area contributed by atoms with Gasteiger partial charge in [0.2, 0.25) is 0 Å². The maximum atomic E-state index is 11.7. The second kappa shape index (κ2) is 7.53. The van der Waals surface area contributed by atoms with Crippen LogP contribution in [0.2, 0.25) is 0 Å². The number of hydrogen-bond donors (Lipinski definition) is 0. The zero-order chi connectivity index (χ0) is 15.8.